The standard InChI is InChI=1S/C18H14I2N4O3/c1-27-13-4-2-10(3-5-13)15-8-16(23-22-15)18(26)24-21-9-11-6-12(19)7-14(20)17(11)25/h2-9,25H,1H3,(H,22,23)(H,24,26)/b21-9+. The molecule has 0 fully saturated rings. The number of carbonyl (C=O) groups excluding carboxylic acids is 1. The molecule has 0 spiro atoms. The lowest BCUT2D eigenvalue weighted by Crippen LogP contribution is -2.18. The summed E-state index contributed by atoms with van der Waals surface area (Å²) in [5.74, 6) is 0.436. The van der Waals surface area contributed by atoms with Gasteiger partial charge in [0.05, 0.1) is 22.6 Å². The topological polar surface area (TPSA) is 99.6 Å². The van der Waals surface area contributed by atoms with Crippen molar-refractivity contribution in [1.82, 2.24) is 15.6 Å². The summed E-state index contributed by atoms with van der Waals surface area (Å²) in [6.45, 7) is 0. The number of hydrogen-bond acceptors (Lipinski definition) is 5. The highest BCUT2D eigenvalue weighted by atomic mass is 127. The Morgan fingerprint density at radius 2 is 2.00 bits per heavy atom. The molecule has 7 nitrogen and oxygen atoms in total. The van der Waals surface area contributed by atoms with Crippen LogP contribution in [-0.4, -0.2) is 34.5 Å². The van der Waals surface area contributed by atoms with Gasteiger partial charge in [-0.25, -0.2) is 5.43 Å². The summed E-state index contributed by atoms with van der Waals surface area (Å²) in [5, 5.41) is 20.8. The predicted molar refractivity (Wildman–Crippen MR) is 119 cm³/mol. The van der Waals surface area contributed by atoms with Gasteiger partial charge in [-0.2, -0.15) is 10.2 Å². The van der Waals surface area contributed by atoms with Crippen LogP contribution in [0, 0.1) is 7.14 Å². The number of nitrogens with zero attached hydrogens (tertiary/aromatic N) is 2. The molecule has 0 atom stereocenters. The minimum atomic E-state index is -0.432. The van der Waals surface area contributed by atoms with Crippen molar-refractivity contribution in [2.75, 3.05) is 7.11 Å². The second-order valence-electron chi connectivity index (χ2n) is 5.42. The predicted octanol–water partition coefficient (Wildman–Crippen LogP) is 3.76. The summed E-state index contributed by atoms with van der Waals surface area (Å²) in [6.07, 6.45) is 1.40. The van der Waals surface area contributed by atoms with E-state index in [1.807, 2.05) is 52.9 Å². The summed E-state index contributed by atoms with van der Waals surface area (Å²) in [5.41, 5.74) is 4.71. The summed E-state index contributed by atoms with van der Waals surface area (Å²) < 4.78 is 6.80. The van der Waals surface area contributed by atoms with Crippen LogP contribution < -0.4 is 10.2 Å². The number of carbonyl (C=O) groups is 1. The molecule has 0 saturated heterocycles. The van der Waals surface area contributed by atoms with E-state index in [1.54, 1.807) is 19.2 Å². The lowest BCUT2D eigenvalue weighted by atomic mass is 10.1. The maximum atomic E-state index is 12.2. The quantitative estimate of drug-likeness (QED) is 0.240. The molecule has 0 saturated carbocycles. The van der Waals surface area contributed by atoms with E-state index in [-0.39, 0.29) is 11.4 Å². The average molecular weight is 588 g/mol. The normalized spacial score (nSPS) is 10.9. The van der Waals surface area contributed by atoms with Gasteiger partial charge in [-0.3, -0.25) is 9.89 Å². The van der Waals surface area contributed by atoms with Crippen molar-refractivity contribution in [1.29, 1.82) is 0 Å². The van der Waals surface area contributed by atoms with Gasteiger partial charge in [-0.15, -0.1) is 0 Å². The van der Waals surface area contributed by atoms with Crippen molar-refractivity contribution in [3.05, 3.63) is 60.9 Å². The molecule has 3 N–H and O–H groups in total. The minimum Gasteiger partial charge on any atom is -0.506 e. The number of hydrazone groups is 1. The first kappa shape index (κ1) is 19.6. The van der Waals surface area contributed by atoms with Crippen molar-refractivity contribution >= 4 is 57.3 Å². The van der Waals surface area contributed by atoms with Crippen LogP contribution >= 0.6 is 45.2 Å². The smallest absolute Gasteiger partial charge is 0.289 e. The number of rotatable bonds is 5. The third-order valence-electron chi connectivity index (χ3n) is 3.64. The highest BCUT2D eigenvalue weighted by Gasteiger charge is 2.11. The first-order valence-electron chi connectivity index (χ1n) is 7.69. The molecule has 27 heavy (non-hydrogen) atoms. The number of aromatic nitrogens is 2. The molecule has 0 aliphatic carbocycles. The number of phenolic OH excluding ortho intramolecular Hbond substituents is 1. The molecule has 3 rings (SSSR count). The largest absolute Gasteiger partial charge is 0.506 e. The van der Waals surface area contributed by atoms with E-state index in [0.29, 0.717) is 14.8 Å². The van der Waals surface area contributed by atoms with E-state index in [4.69, 9.17) is 4.74 Å². The van der Waals surface area contributed by atoms with Crippen LogP contribution in [0.2, 0.25) is 0 Å². The first-order chi connectivity index (χ1) is 13.0. The molecule has 0 aliphatic rings. The highest BCUT2D eigenvalue weighted by Crippen LogP contribution is 2.25. The second-order valence-corrected chi connectivity index (χ2v) is 7.83. The summed E-state index contributed by atoms with van der Waals surface area (Å²) in [4.78, 5) is 12.2. The Balaban J connectivity index is 1.69. The Hall–Kier alpha value is -2.15. The molecule has 0 bridgehead atoms. The Bertz CT molecular complexity index is 1000. The molecule has 0 radical (unpaired) electrons. The maximum Gasteiger partial charge on any atom is 0.289 e. The number of amides is 1. The lowest BCUT2D eigenvalue weighted by Gasteiger charge is -2.03. The van der Waals surface area contributed by atoms with Gasteiger partial charge < -0.3 is 9.84 Å². The first-order valence-corrected chi connectivity index (χ1v) is 9.85. The number of phenols is 1. The Kier molecular flexibility index (Phi) is 6.31. The summed E-state index contributed by atoms with van der Waals surface area (Å²) in [6, 6.07) is 12.6. The molecule has 1 heterocycles. The molecular formula is C18H14I2N4O3. The average Bonchev–Trinajstić information content (AvgIpc) is 3.16. The zero-order chi connectivity index (χ0) is 19.4. The lowest BCUT2D eigenvalue weighted by molar-refractivity contribution is 0.0950. The van der Waals surface area contributed by atoms with Crippen molar-refractivity contribution < 1.29 is 14.6 Å². The molecule has 1 amide bonds. The van der Waals surface area contributed by atoms with Crippen LogP contribution in [0.1, 0.15) is 16.1 Å². The van der Waals surface area contributed by atoms with Gasteiger partial charge in [-0.1, -0.05) is 0 Å². The highest BCUT2D eigenvalue weighted by molar-refractivity contribution is 14.1. The van der Waals surface area contributed by atoms with E-state index in [1.165, 1.54) is 6.21 Å². The Labute approximate surface area is 182 Å². The molecular weight excluding hydrogens is 574 g/mol. The van der Waals surface area contributed by atoms with Crippen LogP contribution in [0.15, 0.2) is 47.6 Å². The monoisotopic (exact) mass is 588 g/mol. The van der Waals surface area contributed by atoms with Gasteiger partial charge >= 0.3 is 0 Å². The van der Waals surface area contributed by atoms with Crippen LogP contribution in [0.5, 0.6) is 11.5 Å². The fourth-order valence-corrected chi connectivity index (χ4v) is 4.14. The van der Waals surface area contributed by atoms with E-state index in [0.717, 1.165) is 14.9 Å². The van der Waals surface area contributed by atoms with Gasteiger partial charge in [-0.05, 0) is 87.6 Å². The Morgan fingerprint density at radius 1 is 1.26 bits per heavy atom. The van der Waals surface area contributed by atoms with Gasteiger partial charge in [0, 0.05) is 14.7 Å². The SMILES string of the molecule is COc1ccc(-c2cc(C(=O)N/N=C/c3cc(I)cc(I)c3O)[nH]n2)cc1. The van der Waals surface area contributed by atoms with Gasteiger partial charge in [0.15, 0.2) is 0 Å². The van der Waals surface area contributed by atoms with Crippen molar-refractivity contribution in [2.45, 2.75) is 0 Å². The molecule has 138 valence electrons. The number of aromatic hydroxyl groups is 1. The number of nitrogens with one attached hydrogen (secondary N) is 2. The molecule has 1 aromatic heterocycles. The van der Waals surface area contributed by atoms with Crippen LogP contribution in [0.3, 0.4) is 0 Å². The van der Waals surface area contributed by atoms with Crippen LogP contribution in [-0.2, 0) is 0 Å². The summed E-state index contributed by atoms with van der Waals surface area (Å²) >= 11 is 4.19. The molecule has 9 heteroatoms. The second kappa shape index (κ2) is 8.69. The van der Waals surface area contributed by atoms with Crippen molar-refractivity contribution in [3.63, 3.8) is 0 Å². The van der Waals surface area contributed by atoms with E-state index in [9.17, 15) is 9.90 Å². The number of benzene rings is 2. The number of H-pyrrole nitrogens is 1. The van der Waals surface area contributed by atoms with Crippen LogP contribution in [0.25, 0.3) is 11.3 Å². The van der Waals surface area contributed by atoms with Gasteiger partial charge in [0.25, 0.3) is 5.91 Å². The molecule has 2 aromatic carbocycles. The number of hydrogen-bond donors (Lipinski definition) is 3. The fraction of sp³-hybridized carbons (Fsp3) is 0.0556. The van der Waals surface area contributed by atoms with Gasteiger partial charge in [0.2, 0.25) is 0 Å². The zero-order valence-corrected chi connectivity index (χ0v) is 18.3. The molecule has 0 aliphatic heterocycles. The van der Waals surface area contributed by atoms with E-state index < -0.39 is 5.91 Å². The molecule has 0 unspecified atom stereocenters. The van der Waals surface area contributed by atoms with Gasteiger partial charge in [0.1, 0.15) is 17.2 Å². The minimum absolute atomic E-state index is 0.123. The van der Waals surface area contributed by atoms with Crippen LogP contribution in [0.4, 0.5) is 0 Å². The third-order valence-corrected chi connectivity index (χ3v) is 5.08. The van der Waals surface area contributed by atoms with E-state index in [2.05, 4.69) is 43.3 Å². The number of ether oxygens (including phenoxy) is 1. The molecule has 3 aromatic rings. The summed E-state index contributed by atoms with van der Waals surface area (Å²) in [7, 11) is 1.60. The number of methoxy groups -OCH3 is 1. The maximum absolute atomic E-state index is 12.2. The zero-order valence-electron chi connectivity index (χ0n) is 14.0. The third kappa shape index (κ3) is 4.77. The fourth-order valence-electron chi connectivity index (χ4n) is 2.25. The number of aromatic amines is 1. The van der Waals surface area contributed by atoms with E-state index >= 15 is 0 Å². The van der Waals surface area contributed by atoms with Crippen molar-refractivity contribution in [2.24, 2.45) is 5.10 Å². The Morgan fingerprint density at radius 3 is 2.70 bits per heavy atom. The number of halogens is 2. The van der Waals surface area contributed by atoms with Crippen molar-refractivity contribution in [3.8, 4) is 22.8 Å².